The second-order valence-corrected chi connectivity index (χ2v) is 6.94. The number of nitrogens with one attached hydrogen (secondary N) is 3. The summed E-state index contributed by atoms with van der Waals surface area (Å²) in [5, 5.41) is 25.4. The van der Waals surface area contributed by atoms with Gasteiger partial charge in [0.05, 0.1) is 12.5 Å². The van der Waals surface area contributed by atoms with Crippen LogP contribution < -0.4 is 27.4 Å². The van der Waals surface area contributed by atoms with E-state index in [0.29, 0.717) is 6.42 Å². The molecule has 0 saturated heterocycles. The zero-order valence-corrected chi connectivity index (χ0v) is 17.0. The van der Waals surface area contributed by atoms with Crippen LogP contribution in [0.25, 0.3) is 0 Å². The molecule has 4 amide bonds. The van der Waals surface area contributed by atoms with Gasteiger partial charge in [-0.05, 0) is 19.8 Å². The van der Waals surface area contributed by atoms with Crippen LogP contribution in [-0.4, -0.2) is 70.1 Å². The number of carboxylic acid groups (broad SMARTS) is 1. The van der Waals surface area contributed by atoms with Crippen LogP contribution in [0, 0.1) is 5.92 Å². The molecule has 0 spiro atoms. The number of carboxylic acids is 1. The Hall–Kier alpha value is -2.73. The molecule has 0 fully saturated rings. The predicted octanol–water partition coefficient (Wildman–Crippen LogP) is -2.83. The van der Waals surface area contributed by atoms with Crippen LogP contribution >= 0.6 is 0 Å². The lowest BCUT2D eigenvalue weighted by Gasteiger charge is -2.27. The molecule has 29 heavy (non-hydrogen) atoms. The lowest BCUT2D eigenvalue weighted by molar-refractivity contribution is -0.143. The van der Waals surface area contributed by atoms with Gasteiger partial charge in [-0.2, -0.15) is 0 Å². The number of hydrogen-bond donors (Lipinski definition) is 7. The molecule has 0 rings (SSSR count). The molecule has 0 aromatic carbocycles. The molecular formula is C17H31N5O7. The smallest absolute Gasteiger partial charge is 0.326 e. The van der Waals surface area contributed by atoms with E-state index in [1.54, 1.807) is 13.8 Å². The zero-order chi connectivity index (χ0) is 22.9. The Labute approximate surface area is 168 Å². The predicted molar refractivity (Wildman–Crippen MR) is 102 cm³/mol. The first-order valence-corrected chi connectivity index (χ1v) is 9.17. The van der Waals surface area contributed by atoms with E-state index in [1.165, 1.54) is 13.8 Å². The number of rotatable bonds is 12. The topological polar surface area (TPSA) is 214 Å². The van der Waals surface area contributed by atoms with Gasteiger partial charge in [-0.25, -0.2) is 4.79 Å². The van der Waals surface area contributed by atoms with Gasteiger partial charge in [0.25, 0.3) is 0 Å². The number of carbonyl (C=O) groups is 5. The molecule has 0 aliphatic heterocycles. The third-order valence-electron chi connectivity index (χ3n) is 4.39. The lowest BCUT2D eigenvalue weighted by Crippen LogP contribution is -2.59. The molecule has 6 unspecified atom stereocenters. The summed E-state index contributed by atoms with van der Waals surface area (Å²) in [7, 11) is 0. The Bertz CT molecular complexity index is 625. The van der Waals surface area contributed by atoms with Gasteiger partial charge in [0.2, 0.25) is 23.6 Å². The summed E-state index contributed by atoms with van der Waals surface area (Å²) < 4.78 is 0. The van der Waals surface area contributed by atoms with E-state index >= 15 is 0 Å². The summed E-state index contributed by atoms with van der Waals surface area (Å²) in [4.78, 5) is 58.9. The number of nitrogens with two attached hydrogens (primary N) is 2. The molecule has 0 bridgehead atoms. The molecule has 0 aromatic heterocycles. The van der Waals surface area contributed by atoms with Crippen molar-refractivity contribution in [1.29, 1.82) is 0 Å². The van der Waals surface area contributed by atoms with Crippen molar-refractivity contribution in [2.45, 2.75) is 70.8 Å². The fourth-order valence-electron chi connectivity index (χ4n) is 2.24. The van der Waals surface area contributed by atoms with E-state index in [1.807, 2.05) is 0 Å². The summed E-state index contributed by atoms with van der Waals surface area (Å²) in [5.41, 5.74) is 10.5. The third kappa shape index (κ3) is 8.87. The molecule has 12 nitrogen and oxygen atoms in total. The van der Waals surface area contributed by atoms with Gasteiger partial charge in [-0.3, -0.25) is 19.2 Å². The van der Waals surface area contributed by atoms with Gasteiger partial charge >= 0.3 is 5.97 Å². The van der Waals surface area contributed by atoms with E-state index < -0.39 is 66.3 Å². The Morgan fingerprint density at radius 3 is 1.90 bits per heavy atom. The Kier molecular flexibility index (Phi) is 10.8. The van der Waals surface area contributed by atoms with Crippen molar-refractivity contribution in [2.75, 3.05) is 0 Å². The van der Waals surface area contributed by atoms with E-state index in [9.17, 15) is 29.1 Å². The van der Waals surface area contributed by atoms with Crippen molar-refractivity contribution < 1.29 is 34.2 Å². The van der Waals surface area contributed by atoms with Gasteiger partial charge in [0.15, 0.2) is 0 Å². The molecule has 0 aliphatic carbocycles. The van der Waals surface area contributed by atoms with Crippen LogP contribution in [0.15, 0.2) is 0 Å². The van der Waals surface area contributed by atoms with Crippen LogP contribution in [0.4, 0.5) is 0 Å². The Morgan fingerprint density at radius 2 is 1.48 bits per heavy atom. The number of amides is 4. The number of carbonyl (C=O) groups excluding carboxylic acids is 4. The molecule has 0 radical (unpaired) electrons. The molecule has 0 saturated carbocycles. The highest BCUT2D eigenvalue weighted by molar-refractivity contribution is 5.94. The van der Waals surface area contributed by atoms with Crippen LogP contribution in [0.5, 0.6) is 0 Å². The largest absolute Gasteiger partial charge is 0.480 e. The second-order valence-electron chi connectivity index (χ2n) is 6.94. The van der Waals surface area contributed by atoms with Gasteiger partial charge in [0, 0.05) is 0 Å². The van der Waals surface area contributed by atoms with Gasteiger partial charge < -0.3 is 37.6 Å². The average Bonchev–Trinajstić information content (AvgIpc) is 2.62. The number of aliphatic hydroxyl groups is 1. The summed E-state index contributed by atoms with van der Waals surface area (Å²) in [6, 6.07) is -4.96. The normalized spacial score (nSPS) is 17.0. The molecular weight excluding hydrogens is 386 g/mol. The van der Waals surface area contributed by atoms with E-state index in [2.05, 4.69) is 16.0 Å². The minimum Gasteiger partial charge on any atom is -0.480 e. The van der Waals surface area contributed by atoms with Gasteiger partial charge in [-0.15, -0.1) is 0 Å². The standard InChI is InChI=1S/C17H31N5O7/c1-5-7(2)13(22-15(26)12(19)9(4)23)16(27)20-8(3)14(25)21-10(17(28)29)6-11(18)24/h7-10,12-13,23H,5-6,19H2,1-4H3,(H2,18,24)(H,20,27)(H,21,25)(H,22,26)(H,28,29). The van der Waals surface area contributed by atoms with Crippen LogP contribution in [0.1, 0.15) is 40.5 Å². The van der Waals surface area contributed by atoms with Crippen molar-refractivity contribution >= 4 is 29.6 Å². The number of primary amides is 1. The summed E-state index contributed by atoms with van der Waals surface area (Å²) >= 11 is 0. The van der Waals surface area contributed by atoms with E-state index in [4.69, 9.17) is 16.6 Å². The van der Waals surface area contributed by atoms with E-state index in [-0.39, 0.29) is 5.92 Å². The van der Waals surface area contributed by atoms with Crippen molar-refractivity contribution in [1.82, 2.24) is 16.0 Å². The second kappa shape index (κ2) is 12.0. The van der Waals surface area contributed by atoms with Gasteiger partial charge in [0.1, 0.15) is 24.2 Å². The van der Waals surface area contributed by atoms with Crippen LogP contribution in [0.3, 0.4) is 0 Å². The maximum absolute atomic E-state index is 12.6. The highest BCUT2D eigenvalue weighted by Crippen LogP contribution is 2.09. The van der Waals surface area contributed by atoms with Crippen molar-refractivity contribution in [2.24, 2.45) is 17.4 Å². The summed E-state index contributed by atoms with van der Waals surface area (Å²) in [6.07, 6.45) is -1.22. The molecule has 9 N–H and O–H groups in total. The Morgan fingerprint density at radius 1 is 0.931 bits per heavy atom. The van der Waals surface area contributed by atoms with Crippen LogP contribution in [-0.2, 0) is 24.0 Å². The summed E-state index contributed by atoms with van der Waals surface area (Å²) in [5.74, 6) is -4.95. The molecule has 6 atom stereocenters. The number of hydrogen-bond acceptors (Lipinski definition) is 7. The monoisotopic (exact) mass is 417 g/mol. The lowest BCUT2D eigenvalue weighted by atomic mass is 9.97. The highest BCUT2D eigenvalue weighted by atomic mass is 16.4. The molecule has 12 heteroatoms. The minimum absolute atomic E-state index is 0.322. The van der Waals surface area contributed by atoms with E-state index in [0.717, 1.165) is 0 Å². The fraction of sp³-hybridized carbons (Fsp3) is 0.706. The molecule has 0 aromatic rings. The van der Waals surface area contributed by atoms with Gasteiger partial charge in [-0.1, -0.05) is 20.3 Å². The third-order valence-corrected chi connectivity index (χ3v) is 4.39. The maximum atomic E-state index is 12.6. The first-order valence-electron chi connectivity index (χ1n) is 9.17. The minimum atomic E-state index is -1.53. The molecule has 0 aliphatic rings. The van der Waals surface area contributed by atoms with Crippen LogP contribution in [0.2, 0.25) is 0 Å². The molecule has 166 valence electrons. The fourth-order valence-corrected chi connectivity index (χ4v) is 2.24. The molecule has 0 heterocycles. The first kappa shape index (κ1) is 26.3. The van der Waals surface area contributed by atoms with Crippen molar-refractivity contribution in [3.05, 3.63) is 0 Å². The summed E-state index contributed by atoms with van der Waals surface area (Å²) in [6.45, 7) is 6.15. The average molecular weight is 417 g/mol. The SMILES string of the molecule is CCC(C)C(NC(=O)C(N)C(C)O)C(=O)NC(C)C(=O)NC(CC(N)=O)C(=O)O. The quantitative estimate of drug-likeness (QED) is 0.175. The maximum Gasteiger partial charge on any atom is 0.326 e. The van der Waals surface area contributed by atoms with Crippen molar-refractivity contribution in [3.8, 4) is 0 Å². The highest BCUT2D eigenvalue weighted by Gasteiger charge is 2.31. The number of aliphatic carboxylic acids is 1. The first-order chi connectivity index (χ1) is 13.3. The Balaban J connectivity index is 5.14. The van der Waals surface area contributed by atoms with Crippen molar-refractivity contribution in [3.63, 3.8) is 0 Å². The zero-order valence-electron chi connectivity index (χ0n) is 17.0. The number of aliphatic hydroxyl groups excluding tert-OH is 1.